The van der Waals surface area contributed by atoms with E-state index < -0.39 is 17.8 Å². The smallest absolute Gasteiger partial charge is 0.350 e. The highest BCUT2D eigenvalue weighted by molar-refractivity contribution is 7.16. The maximum Gasteiger partial charge on any atom is 0.350 e. The number of carbonyl (C=O) groups is 3. The quantitative estimate of drug-likeness (QED) is 0.391. The van der Waals surface area contributed by atoms with Crippen molar-refractivity contribution < 1.29 is 23.9 Å². The summed E-state index contributed by atoms with van der Waals surface area (Å²) in [6.07, 6.45) is 0. The molecule has 1 heterocycles. The average molecular weight is 404 g/mol. The van der Waals surface area contributed by atoms with Gasteiger partial charge in [0.05, 0.1) is 30.2 Å². The summed E-state index contributed by atoms with van der Waals surface area (Å²) in [5, 5.41) is 4.20. The predicted molar refractivity (Wildman–Crippen MR) is 105 cm³/mol. The maximum atomic E-state index is 11.9. The van der Waals surface area contributed by atoms with Gasteiger partial charge < -0.3 is 15.2 Å². The van der Waals surface area contributed by atoms with E-state index in [9.17, 15) is 14.4 Å². The van der Waals surface area contributed by atoms with Gasteiger partial charge in [0, 0.05) is 0 Å². The first kappa shape index (κ1) is 21.0. The van der Waals surface area contributed by atoms with Crippen LogP contribution in [0.4, 0.5) is 5.69 Å². The van der Waals surface area contributed by atoms with E-state index in [0.29, 0.717) is 16.9 Å². The van der Waals surface area contributed by atoms with Gasteiger partial charge in [-0.15, -0.1) is 11.3 Å². The molecule has 148 valence electrons. The van der Waals surface area contributed by atoms with E-state index in [1.54, 1.807) is 45.0 Å². The monoisotopic (exact) mass is 404 g/mol. The Bertz CT molecular complexity index is 905. The van der Waals surface area contributed by atoms with Crippen molar-refractivity contribution >= 4 is 40.6 Å². The molecule has 0 spiro atoms. The van der Waals surface area contributed by atoms with Crippen LogP contribution in [0.2, 0.25) is 0 Å². The fraction of sp³-hybridized carbons (Fsp3) is 0.278. The van der Waals surface area contributed by atoms with E-state index in [1.165, 1.54) is 0 Å². The summed E-state index contributed by atoms with van der Waals surface area (Å²) in [5.74, 6) is -1.75. The fourth-order valence-electron chi connectivity index (χ4n) is 2.11. The summed E-state index contributed by atoms with van der Waals surface area (Å²) >= 11 is 0.972. The number of esters is 2. The number of aryl methyl sites for hydroxylation is 1. The lowest BCUT2D eigenvalue weighted by atomic mass is 10.2. The maximum absolute atomic E-state index is 11.9. The van der Waals surface area contributed by atoms with Crippen LogP contribution in [0.1, 0.15) is 44.6 Å². The zero-order chi connectivity index (χ0) is 20.7. The second kappa shape index (κ2) is 9.60. The highest BCUT2D eigenvalue weighted by Gasteiger charge is 2.22. The number of aromatic nitrogens is 1. The average Bonchev–Trinajstić information content (AvgIpc) is 3.04. The van der Waals surface area contributed by atoms with Crippen LogP contribution in [-0.4, -0.2) is 41.8 Å². The van der Waals surface area contributed by atoms with Gasteiger partial charge in [0.25, 0.3) is 5.91 Å². The van der Waals surface area contributed by atoms with E-state index in [2.05, 4.69) is 15.5 Å². The lowest BCUT2D eigenvalue weighted by Gasteiger charge is -2.05. The van der Waals surface area contributed by atoms with Gasteiger partial charge in [0.1, 0.15) is 9.88 Å². The number of nitrogens with two attached hydrogens (primary N) is 1. The molecule has 0 fully saturated rings. The third-order valence-corrected chi connectivity index (χ3v) is 4.53. The molecule has 28 heavy (non-hydrogen) atoms. The van der Waals surface area contributed by atoms with Gasteiger partial charge in [-0.25, -0.2) is 14.6 Å². The minimum absolute atomic E-state index is 0.127. The number of hydrogen-bond donors (Lipinski definition) is 2. The Labute approximate surface area is 165 Å². The third kappa shape index (κ3) is 5.13. The number of thiazole rings is 1. The summed E-state index contributed by atoms with van der Waals surface area (Å²) in [4.78, 5) is 39.8. The van der Waals surface area contributed by atoms with E-state index in [4.69, 9.17) is 15.2 Å². The number of hydrazone groups is 1. The lowest BCUT2D eigenvalue weighted by molar-refractivity contribution is -0.111. The van der Waals surface area contributed by atoms with E-state index in [1.807, 2.05) is 0 Å². The summed E-state index contributed by atoms with van der Waals surface area (Å²) < 4.78 is 9.87. The van der Waals surface area contributed by atoms with Gasteiger partial charge in [-0.3, -0.25) is 10.2 Å². The zero-order valence-corrected chi connectivity index (χ0v) is 16.5. The van der Waals surface area contributed by atoms with Crippen molar-refractivity contribution in [1.82, 2.24) is 4.98 Å². The van der Waals surface area contributed by atoms with Crippen LogP contribution in [0.3, 0.4) is 0 Å². The topological polar surface area (TPSA) is 133 Å². The van der Waals surface area contributed by atoms with E-state index in [0.717, 1.165) is 11.3 Å². The first-order valence-corrected chi connectivity index (χ1v) is 9.24. The molecule has 0 aliphatic carbocycles. The molecule has 1 aromatic heterocycles. The molecule has 2 rings (SSSR count). The van der Waals surface area contributed by atoms with Gasteiger partial charge in [-0.1, -0.05) is 0 Å². The van der Waals surface area contributed by atoms with Gasteiger partial charge in [0.15, 0.2) is 5.71 Å². The molecule has 3 N–H and O–H groups in total. The molecule has 0 saturated carbocycles. The highest BCUT2D eigenvalue weighted by atomic mass is 32.1. The summed E-state index contributed by atoms with van der Waals surface area (Å²) in [6.45, 7) is 5.56. The highest BCUT2D eigenvalue weighted by Crippen LogP contribution is 2.20. The zero-order valence-electron chi connectivity index (χ0n) is 15.6. The van der Waals surface area contributed by atoms with Crippen molar-refractivity contribution in [2.24, 2.45) is 10.8 Å². The standard InChI is InChI=1S/C18H20N4O5S/c1-4-26-17(24)11-6-8-12(9-7-11)21-22-13(15(19)23)16-20-10(3)14(28-16)18(25)27-5-2/h6-9,21H,4-5H2,1-3H3,(H2,19,23). The Morgan fingerprint density at radius 1 is 1.11 bits per heavy atom. The summed E-state index contributed by atoms with van der Waals surface area (Å²) in [6, 6.07) is 6.33. The van der Waals surface area contributed by atoms with Crippen LogP contribution in [0, 0.1) is 6.92 Å². The molecule has 2 aromatic rings. The Kier molecular flexibility index (Phi) is 7.21. The molecule has 0 aliphatic heterocycles. The van der Waals surface area contributed by atoms with Gasteiger partial charge >= 0.3 is 11.9 Å². The molecular weight excluding hydrogens is 384 g/mol. The number of nitrogens with zero attached hydrogens (tertiary/aromatic N) is 2. The van der Waals surface area contributed by atoms with Crippen LogP contribution in [0.25, 0.3) is 0 Å². The number of hydrogen-bond acceptors (Lipinski definition) is 9. The number of anilines is 1. The second-order valence-electron chi connectivity index (χ2n) is 5.39. The van der Waals surface area contributed by atoms with Gasteiger partial charge in [0.2, 0.25) is 0 Å². The molecule has 0 aliphatic rings. The van der Waals surface area contributed by atoms with Gasteiger partial charge in [-0.2, -0.15) is 5.10 Å². The van der Waals surface area contributed by atoms with Crippen LogP contribution in [0.15, 0.2) is 29.4 Å². The molecule has 0 atom stereocenters. The van der Waals surface area contributed by atoms with Gasteiger partial charge in [-0.05, 0) is 45.0 Å². The van der Waals surface area contributed by atoms with Crippen LogP contribution < -0.4 is 11.2 Å². The van der Waals surface area contributed by atoms with Crippen molar-refractivity contribution in [2.45, 2.75) is 20.8 Å². The third-order valence-electron chi connectivity index (χ3n) is 3.39. The Hall–Kier alpha value is -3.27. The first-order chi connectivity index (χ1) is 13.4. The number of benzene rings is 1. The fourth-order valence-corrected chi connectivity index (χ4v) is 3.06. The molecule has 0 unspecified atom stereocenters. The SMILES string of the molecule is CCOC(=O)c1ccc(NN=C(C(N)=O)c2nc(C)c(C(=O)OCC)s2)cc1. The Morgan fingerprint density at radius 2 is 1.71 bits per heavy atom. The van der Waals surface area contributed by atoms with Crippen molar-refractivity contribution in [3.8, 4) is 0 Å². The Morgan fingerprint density at radius 3 is 2.29 bits per heavy atom. The number of rotatable bonds is 8. The molecule has 0 bridgehead atoms. The molecule has 1 aromatic carbocycles. The number of primary amides is 1. The number of ether oxygens (including phenoxy) is 2. The number of amides is 1. The van der Waals surface area contributed by atoms with Crippen LogP contribution >= 0.6 is 11.3 Å². The van der Waals surface area contributed by atoms with Crippen molar-refractivity contribution in [3.63, 3.8) is 0 Å². The predicted octanol–water partition coefficient (Wildman–Crippen LogP) is 2.11. The van der Waals surface area contributed by atoms with Crippen molar-refractivity contribution in [2.75, 3.05) is 18.6 Å². The normalized spacial score (nSPS) is 11.0. The number of carbonyl (C=O) groups excluding carboxylic acids is 3. The summed E-state index contributed by atoms with van der Waals surface area (Å²) in [7, 11) is 0. The van der Waals surface area contributed by atoms with Crippen LogP contribution in [-0.2, 0) is 14.3 Å². The minimum atomic E-state index is -0.806. The molecule has 9 nitrogen and oxygen atoms in total. The van der Waals surface area contributed by atoms with Crippen molar-refractivity contribution in [1.29, 1.82) is 0 Å². The van der Waals surface area contributed by atoms with E-state index >= 15 is 0 Å². The lowest BCUT2D eigenvalue weighted by Crippen LogP contribution is -2.25. The van der Waals surface area contributed by atoms with Crippen LogP contribution in [0.5, 0.6) is 0 Å². The Balaban J connectivity index is 2.22. The molecule has 10 heteroatoms. The molecule has 0 radical (unpaired) electrons. The van der Waals surface area contributed by atoms with Crippen molar-refractivity contribution in [3.05, 3.63) is 45.4 Å². The molecular formula is C18H20N4O5S. The van der Waals surface area contributed by atoms with E-state index in [-0.39, 0.29) is 28.8 Å². The molecule has 1 amide bonds. The summed E-state index contributed by atoms with van der Waals surface area (Å²) in [5.41, 5.74) is 9.30. The molecule has 0 saturated heterocycles. The minimum Gasteiger partial charge on any atom is -0.462 e. The largest absolute Gasteiger partial charge is 0.462 e. The number of nitrogens with one attached hydrogen (secondary N) is 1. The first-order valence-electron chi connectivity index (χ1n) is 8.42. The second-order valence-corrected chi connectivity index (χ2v) is 6.39.